The Labute approximate surface area is 99.3 Å². The molecule has 17 heavy (non-hydrogen) atoms. The van der Waals surface area contributed by atoms with Crippen molar-refractivity contribution in [2.75, 3.05) is 13.2 Å². The molecule has 92 valence electrons. The van der Waals surface area contributed by atoms with E-state index in [0.29, 0.717) is 0 Å². The number of benzene rings is 1. The van der Waals surface area contributed by atoms with E-state index in [-0.39, 0.29) is 18.1 Å². The summed E-state index contributed by atoms with van der Waals surface area (Å²) in [5.74, 6) is -0.807. The largest absolute Gasteiger partial charge is 0.460 e. The van der Waals surface area contributed by atoms with Gasteiger partial charge in [0.2, 0.25) is 0 Å². The molecule has 0 radical (unpaired) electrons. The first kappa shape index (κ1) is 13.4. The Hall–Kier alpha value is -1.66. The molecule has 0 aliphatic rings. The van der Waals surface area contributed by atoms with Gasteiger partial charge in [-0.2, -0.15) is 0 Å². The summed E-state index contributed by atoms with van der Waals surface area (Å²) in [5, 5.41) is 9.18. The van der Waals surface area contributed by atoms with Gasteiger partial charge in [-0.15, -0.1) is 0 Å². The van der Waals surface area contributed by atoms with E-state index in [1.807, 2.05) is 0 Å². The third-order valence-electron chi connectivity index (χ3n) is 1.79. The van der Waals surface area contributed by atoms with E-state index < -0.39 is 15.8 Å². The van der Waals surface area contributed by atoms with Gasteiger partial charge in [0.25, 0.3) is 0 Å². The third-order valence-corrected chi connectivity index (χ3v) is 3.21. The summed E-state index contributed by atoms with van der Waals surface area (Å²) >= 11 is 0. The van der Waals surface area contributed by atoms with E-state index in [9.17, 15) is 13.2 Å². The molecule has 0 saturated carbocycles. The molecule has 0 aliphatic carbocycles. The van der Waals surface area contributed by atoms with Crippen molar-refractivity contribution in [2.45, 2.75) is 4.90 Å². The first-order valence-electron chi connectivity index (χ1n) is 4.82. The molecular formula is C11H12O5S. The zero-order chi connectivity index (χ0) is 12.7. The third kappa shape index (κ3) is 4.38. The average molecular weight is 256 g/mol. The van der Waals surface area contributed by atoms with Gasteiger partial charge in [-0.05, 0) is 12.1 Å². The lowest BCUT2D eigenvalue weighted by molar-refractivity contribution is -0.138. The van der Waals surface area contributed by atoms with Crippen molar-refractivity contribution < 1.29 is 23.1 Å². The number of sulfone groups is 1. The van der Waals surface area contributed by atoms with Crippen molar-refractivity contribution in [3.05, 3.63) is 41.8 Å². The van der Waals surface area contributed by atoms with Gasteiger partial charge in [-0.1, -0.05) is 18.2 Å². The Bertz CT molecular complexity index is 490. The summed E-state index contributed by atoms with van der Waals surface area (Å²) in [6, 6.07) is 7.73. The van der Waals surface area contributed by atoms with Crippen molar-refractivity contribution >= 4 is 15.8 Å². The number of carbonyl (C=O) groups is 1. The molecule has 0 amide bonds. The van der Waals surface area contributed by atoms with Crippen LogP contribution in [0.3, 0.4) is 0 Å². The van der Waals surface area contributed by atoms with E-state index in [1.165, 1.54) is 12.1 Å². The molecule has 1 aromatic carbocycles. The minimum Gasteiger partial charge on any atom is -0.460 e. The van der Waals surface area contributed by atoms with Crippen LogP contribution in [0.5, 0.6) is 0 Å². The zero-order valence-electron chi connectivity index (χ0n) is 8.94. The average Bonchev–Trinajstić information content (AvgIpc) is 2.35. The molecule has 0 saturated heterocycles. The van der Waals surface area contributed by atoms with Gasteiger partial charge in [-0.25, -0.2) is 13.2 Å². The van der Waals surface area contributed by atoms with Crippen LogP contribution in [0, 0.1) is 0 Å². The second-order valence-corrected chi connectivity index (χ2v) is 4.89. The van der Waals surface area contributed by atoms with Crippen LogP contribution in [0.1, 0.15) is 0 Å². The molecule has 0 aromatic heterocycles. The predicted octanol–water partition coefficient (Wildman–Crippen LogP) is 0.510. The van der Waals surface area contributed by atoms with Crippen molar-refractivity contribution in [2.24, 2.45) is 0 Å². The number of rotatable bonds is 5. The fourth-order valence-corrected chi connectivity index (χ4v) is 2.01. The Kier molecular flexibility index (Phi) is 4.86. The number of aliphatic hydroxyl groups excluding tert-OH is 1. The highest BCUT2D eigenvalue weighted by Gasteiger charge is 2.10. The van der Waals surface area contributed by atoms with Crippen molar-refractivity contribution in [3.8, 4) is 0 Å². The molecule has 5 nitrogen and oxygen atoms in total. The van der Waals surface area contributed by atoms with Gasteiger partial charge in [0, 0.05) is 11.5 Å². The summed E-state index contributed by atoms with van der Waals surface area (Å²) in [5.41, 5.74) is 0. The van der Waals surface area contributed by atoms with Gasteiger partial charge >= 0.3 is 5.97 Å². The lowest BCUT2D eigenvalue weighted by Gasteiger charge is -1.99. The fourth-order valence-electron chi connectivity index (χ4n) is 1.03. The summed E-state index contributed by atoms with van der Waals surface area (Å²) < 4.78 is 27.8. The SMILES string of the molecule is O=C(/C=C/S(=O)(=O)c1ccccc1)OCCO. The molecule has 1 aromatic rings. The molecule has 0 bridgehead atoms. The highest BCUT2D eigenvalue weighted by Crippen LogP contribution is 2.10. The van der Waals surface area contributed by atoms with E-state index in [4.69, 9.17) is 5.11 Å². The zero-order valence-corrected chi connectivity index (χ0v) is 9.76. The smallest absolute Gasteiger partial charge is 0.331 e. The molecule has 0 aliphatic heterocycles. The molecule has 0 unspecified atom stereocenters. The summed E-state index contributed by atoms with van der Waals surface area (Å²) in [6.07, 6.45) is 0.817. The molecule has 6 heteroatoms. The van der Waals surface area contributed by atoms with Gasteiger partial charge in [0.05, 0.1) is 11.5 Å². The van der Waals surface area contributed by atoms with Crippen LogP contribution < -0.4 is 0 Å². The Morgan fingerprint density at radius 2 is 1.94 bits per heavy atom. The first-order chi connectivity index (χ1) is 8.06. The Balaban J connectivity index is 2.74. The number of esters is 1. The minimum atomic E-state index is -3.62. The molecule has 0 spiro atoms. The minimum absolute atomic E-state index is 0.103. The van der Waals surface area contributed by atoms with Gasteiger partial charge < -0.3 is 9.84 Å². The molecule has 0 heterocycles. The van der Waals surface area contributed by atoms with E-state index in [1.54, 1.807) is 18.2 Å². The lowest BCUT2D eigenvalue weighted by Crippen LogP contribution is -2.06. The number of ether oxygens (including phenoxy) is 1. The first-order valence-corrected chi connectivity index (χ1v) is 6.37. The van der Waals surface area contributed by atoms with Gasteiger partial charge in [0.15, 0.2) is 9.84 Å². The monoisotopic (exact) mass is 256 g/mol. The number of hydrogen-bond donors (Lipinski definition) is 1. The van der Waals surface area contributed by atoms with Crippen molar-refractivity contribution in [1.29, 1.82) is 0 Å². The van der Waals surface area contributed by atoms with Crippen LogP contribution in [-0.2, 0) is 19.4 Å². The maximum absolute atomic E-state index is 11.7. The van der Waals surface area contributed by atoms with E-state index in [2.05, 4.69) is 4.74 Å². The summed E-state index contributed by atoms with van der Waals surface area (Å²) in [4.78, 5) is 11.1. The highest BCUT2D eigenvalue weighted by molar-refractivity contribution is 7.94. The van der Waals surface area contributed by atoms with Crippen molar-refractivity contribution in [1.82, 2.24) is 0 Å². The summed E-state index contributed by atoms with van der Waals surface area (Å²) in [6.45, 7) is -0.459. The maximum atomic E-state index is 11.7. The maximum Gasteiger partial charge on any atom is 0.331 e. The lowest BCUT2D eigenvalue weighted by atomic mass is 10.4. The number of carbonyl (C=O) groups excluding carboxylic acids is 1. The summed E-state index contributed by atoms with van der Waals surface area (Å²) in [7, 11) is -3.62. The van der Waals surface area contributed by atoms with Crippen LogP contribution in [0.4, 0.5) is 0 Å². The number of aliphatic hydroxyl groups is 1. The van der Waals surface area contributed by atoms with Crippen LogP contribution in [0.2, 0.25) is 0 Å². The topological polar surface area (TPSA) is 80.7 Å². The second kappa shape index (κ2) is 6.17. The second-order valence-electron chi connectivity index (χ2n) is 3.05. The molecular weight excluding hydrogens is 244 g/mol. The normalized spacial score (nSPS) is 11.6. The van der Waals surface area contributed by atoms with E-state index >= 15 is 0 Å². The fraction of sp³-hybridized carbons (Fsp3) is 0.182. The number of hydrogen-bond acceptors (Lipinski definition) is 5. The molecule has 0 fully saturated rings. The van der Waals surface area contributed by atoms with Crippen LogP contribution in [0.25, 0.3) is 0 Å². The standard InChI is InChI=1S/C11H12O5S/c12-7-8-16-11(13)6-9-17(14,15)10-4-2-1-3-5-10/h1-6,9,12H,7-8H2/b9-6+. The highest BCUT2D eigenvalue weighted by atomic mass is 32.2. The van der Waals surface area contributed by atoms with E-state index in [0.717, 1.165) is 11.5 Å². The molecule has 1 N–H and O–H groups in total. The molecule has 1 rings (SSSR count). The molecule has 0 atom stereocenters. The van der Waals surface area contributed by atoms with Crippen LogP contribution >= 0.6 is 0 Å². The van der Waals surface area contributed by atoms with Crippen LogP contribution in [-0.4, -0.2) is 32.7 Å². The van der Waals surface area contributed by atoms with Crippen molar-refractivity contribution in [3.63, 3.8) is 0 Å². The predicted molar refractivity (Wildman–Crippen MR) is 60.8 cm³/mol. The Morgan fingerprint density at radius 1 is 1.29 bits per heavy atom. The van der Waals surface area contributed by atoms with Gasteiger partial charge in [0.1, 0.15) is 6.61 Å². The van der Waals surface area contributed by atoms with Gasteiger partial charge in [-0.3, -0.25) is 0 Å². The van der Waals surface area contributed by atoms with Crippen LogP contribution in [0.15, 0.2) is 46.7 Å². The quantitative estimate of drug-likeness (QED) is 0.613. The Morgan fingerprint density at radius 3 is 2.53 bits per heavy atom.